The van der Waals surface area contributed by atoms with Crippen molar-refractivity contribution >= 4 is 11.5 Å². The standard InChI is InChI=1S/C16H17NO/c1-12-2-7-14(8-3-12)16(18)11-6-13-4-9-15(17)10-5-13/h2-5,7-10H,6,11,17H2,1H3. The highest BCUT2D eigenvalue weighted by Crippen LogP contribution is 2.11. The number of hydrogen-bond donors (Lipinski definition) is 1. The number of Topliss-reactive ketones (excluding diaryl/α,β-unsaturated/α-hetero) is 1. The Morgan fingerprint density at radius 2 is 1.61 bits per heavy atom. The van der Waals surface area contributed by atoms with Gasteiger partial charge >= 0.3 is 0 Å². The Morgan fingerprint density at radius 3 is 2.22 bits per heavy atom. The van der Waals surface area contributed by atoms with Gasteiger partial charge in [-0.2, -0.15) is 0 Å². The summed E-state index contributed by atoms with van der Waals surface area (Å²) in [6.07, 6.45) is 1.29. The molecule has 0 aromatic heterocycles. The van der Waals surface area contributed by atoms with E-state index in [9.17, 15) is 4.79 Å². The number of carbonyl (C=O) groups is 1. The molecule has 0 aliphatic heterocycles. The molecule has 0 spiro atoms. The number of carbonyl (C=O) groups excluding carboxylic acids is 1. The van der Waals surface area contributed by atoms with Gasteiger partial charge in [0.15, 0.2) is 5.78 Å². The Balaban J connectivity index is 1.96. The van der Waals surface area contributed by atoms with Crippen molar-refractivity contribution in [2.45, 2.75) is 19.8 Å². The zero-order valence-electron chi connectivity index (χ0n) is 10.5. The van der Waals surface area contributed by atoms with Crippen LogP contribution >= 0.6 is 0 Å². The lowest BCUT2D eigenvalue weighted by Crippen LogP contribution is -2.01. The maximum absolute atomic E-state index is 12.0. The van der Waals surface area contributed by atoms with E-state index in [0.717, 1.165) is 23.2 Å². The monoisotopic (exact) mass is 239 g/mol. The maximum Gasteiger partial charge on any atom is 0.163 e. The molecular formula is C16H17NO. The Labute approximate surface area is 107 Å². The third-order valence-corrected chi connectivity index (χ3v) is 2.99. The van der Waals surface area contributed by atoms with Gasteiger partial charge in [0.05, 0.1) is 0 Å². The second-order valence-electron chi connectivity index (χ2n) is 4.53. The Kier molecular flexibility index (Phi) is 3.78. The van der Waals surface area contributed by atoms with Crippen LogP contribution in [-0.4, -0.2) is 5.78 Å². The van der Waals surface area contributed by atoms with Crippen molar-refractivity contribution in [3.05, 3.63) is 65.2 Å². The fraction of sp³-hybridized carbons (Fsp3) is 0.188. The minimum atomic E-state index is 0.187. The Morgan fingerprint density at radius 1 is 1.00 bits per heavy atom. The lowest BCUT2D eigenvalue weighted by Gasteiger charge is -2.03. The van der Waals surface area contributed by atoms with Crippen LogP contribution in [0.2, 0.25) is 0 Å². The van der Waals surface area contributed by atoms with Crippen LogP contribution < -0.4 is 5.73 Å². The summed E-state index contributed by atoms with van der Waals surface area (Å²) >= 11 is 0. The quantitative estimate of drug-likeness (QED) is 0.656. The van der Waals surface area contributed by atoms with Crippen LogP contribution in [0.25, 0.3) is 0 Å². The summed E-state index contributed by atoms with van der Waals surface area (Å²) in [5.74, 6) is 0.187. The minimum absolute atomic E-state index is 0.187. The van der Waals surface area contributed by atoms with Gasteiger partial charge in [-0.05, 0) is 31.0 Å². The van der Waals surface area contributed by atoms with E-state index >= 15 is 0 Å². The smallest absolute Gasteiger partial charge is 0.163 e. The molecular weight excluding hydrogens is 222 g/mol. The van der Waals surface area contributed by atoms with Crippen molar-refractivity contribution in [2.24, 2.45) is 0 Å². The van der Waals surface area contributed by atoms with Gasteiger partial charge in [0.25, 0.3) is 0 Å². The summed E-state index contributed by atoms with van der Waals surface area (Å²) in [6, 6.07) is 15.4. The molecule has 2 heteroatoms. The molecule has 2 rings (SSSR count). The second kappa shape index (κ2) is 5.50. The first-order chi connectivity index (χ1) is 8.65. The molecule has 0 amide bonds. The van der Waals surface area contributed by atoms with Crippen LogP contribution in [0.4, 0.5) is 5.69 Å². The van der Waals surface area contributed by atoms with Gasteiger partial charge in [-0.1, -0.05) is 42.0 Å². The van der Waals surface area contributed by atoms with Crippen molar-refractivity contribution in [1.29, 1.82) is 0 Å². The average molecular weight is 239 g/mol. The molecule has 0 saturated carbocycles. The number of hydrogen-bond acceptors (Lipinski definition) is 2. The zero-order valence-corrected chi connectivity index (χ0v) is 10.5. The first-order valence-corrected chi connectivity index (χ1v) is 6.09. The summed E-state index contributed by atoms with van der Waals surface area (Å²) in [6.45, 7) is 2.02. The van der Waals surface area contributed by atoms with Gasteiger partial charge in [0.2, 0.25) is 0 Å². The van der Waals surface area contributed by atoms with Crippen molar-refractivity contribution < 1.29 is 4.79 Å². The van der Waals surface area contributed by atoms with E-state index in [1.807, 2.05) is 55.5 Å². The lowest BCUT2D eigenvalue weighted by atomic mass is 10.0. The highest BCUT2D eigenvalue weighted by molar-refractivity contribution is 5.96. The highest BCUT2D eigenvalue weighted by atomic mass is 16.1. The molecule has 0 atom stereocenters. The molecule has 0 aliphatic carbocycles. The van der Waals surface area contributed by atoms with Crippen molar-refractivity contribution in [3.8, 4) is 0 Å². The summed E-state index contributed by atoms with van der Waals surface area (Å²) in [5, 5.41) is 0. The molecule has 18 heavy (non-hydrogen) atoms. The largest absolute Gasteiger partial charge is 0.399 e. The molecule has 2 aromatic carbocycles. The van der Waals surface area contributed by atoms with E-state index in [-0.39, 0.29) is 5.78 Å². The summed E-state index contributed by atoms with van der Waals surface area (Å²) < 4.78 is 0. The van der Waals surface area contributed by atoms with Crippen molar-refractivity contribution in [2.75, 3.05) is 5.73 Å². The first kappa shape index (κ1) is 12.4. The SMILES string of the molecule is Cc1ccc(C(=O)CCc2ccc(N)cc2)cc1. The topological polar surface area (TPSA) is 43.1 Å². The van der Waals surface area contributed by atoms with Gasteiger partial charge < -0.3 is 5.73 Å². The average Bonchev–Trinajstić information content (AvgIpc) is 2.38. The number of aryl methyl sites for hydroxylation is 2. The summed E-state index contributed by atoms with van der Waals surface area (Å²) in [4.78, 5) is 12.0. The Bertz CT molecular complexity index is 526. The van der Waals surface area contributed by atoms with Crippen molar-refractivity contribution in [1.82, 2.24) is 0 Å². The summed E-state index contributed by atoms with van der Waals surface area (Å²) in [7, 11) is 0. The van der Waals surface area contributed by atoms with E-state index in [4.69, 9.17) is 5.73 Å². The van der Waals surface area contributed by atoms with Crippen LogP contribution in [0, 0.1) is 6.92 Å². The number of anilines is 1. The molecule has 0 radical (unpaired) electrons. The fourth-order valence-electron chi connectivity index (χ4n) is 1.83. The van der Waals surface area contributed by atoms with Gasteiger partial charge in [-0.25, -0.2) is 0 Å². The van der Waals surface area contributed by atoms with Gasteiger partial charge in [0, 0.05) is 17.7 Å². The predicted molar refractivity (Wildman–Crippen MR) is 74.7 cm³/mol. The third kappa shape index (κ3) is 3.20. The molecule has 0 heterocycles. The lowest BCUT2D eigenvalue weighted by molar-refractivity contribution is 0.0983. The fourth-order valence-corrected chi connectivity index (χ4v) is 1.83. The molecule has 2 nitrogen and oxygen atoms in total. The van der Waals surface area contributed by atoms with E-state index in [1.165, 1.54) is 5.56 Å². The second-order valence-corrected chi connectivity index (χ2v) is 4.53. The van der Waals surface area contributed by atoms with Gasteiger partial charge in [0.1, 0.15) is 0 Å². The molecule has 2 aromatic rings. The molecule has 0 bridgehead atoms. The van der Waals surface area contributed by atoms with Gasteiger partial charge in [-0.15, -0.1) is 0 Å². The van der Waals surface area contributed by atoms with E-state index in [2.05, 4.69) is 0 Å². The van der Waals surface area contributed by atoms with Crippen LogP contribution in [0.3, 0.4) is 0 Å². The van der Waals surface area contributed by atoms with Crippen LogP contribution in [0.1, 0.15) is 27.9 Å². The normalized spacial score (nSPS) is 10.3. The number of nitrogens with two attached hydrogens (primary N) is 1. The molecule has 0 unspecified atom stereocenters. The van der Waals surface area contributed by atoms with E-state index in [0.29, 0.717) is 6.42 Å². The van der Waals surface area contributed by atoms with Crippen LogP contribution in [0.5, 0.6) is 0 Å². The molecule has 0 fully saturated rings. The van der Waals surface area contributed by atoms with Crippen LogP contribution in [0.15, 0.2) is 48.5 Å². The van der Waals surface area contributed by atoms with E-state index < -0.39 is 0 Å². The number of ketones is 1. The van der Waals surface area contributed by atoms with E-state index in [1.54, 1.807) is 0 Å². The highest BCUT2D eigenvalue weighted by Gasteiger charge is 2.05. The molecule has 0 aliphatic rings. The predicted octanol–water partition coefficient (Wildman–Crippen LogP) is 3.39. The minimum Gasteiger partial charge on any atom is -0.399 e. The third-order valence-electron chi connectivity index (χ3n) is 2.99. The van der Waals surface area contributed by atoms with Gasteiger partial charge in [-0.3, -0.25) is 4.79 Å². The number of benzene rings is 2. The molecule has 0 saturated heterocycles. The molecule has 92 valence electrons. The first-order valence-electron chi connectivity index (χ1n) is 6.09. The number of nitrogen functional groups attached to an aromatic ring is 1. The number of rotatable bonds is 4. The molecule has 2 N–H and O–H groups in total. The maximum atomic E-state index is 12.0. The van der Waals surface area contributed by atoms with Crippen molar-refractivity contribution in [3.63, 3.8) is 0 Å². The Hall–Kier alpha value is -2.09. The van der Waals surface area contributed by atoms with Crippen LogP contribution in [-0.2, 0) is 6.42 Å². The summed E-state index contributed by atoms with van der Waals surface area (Å²) in [5.41, 5.74) is 9.48. The zero-order chi connectivity index (χ0) is 13.0.